The molecule has 2 rings (SSSR count). The summed E-state index contributed by atoms with van der Waals surface area (Å²) in [4.78, 5) is 13.8. The number of halogens is 1. The van der Waals surface area contributed by atoms with Crippen molar-refractivity contribution in [2.45, 2.75) is 26.1 Å². The minimum Gasteiger partial charge on any atom is -0.482 e. The van der Waals surface area contributed by atoms with Gasteiger partial charge in [-0.3, -0.25) is 4.79 Å². The van der Waals surface area contributed by atoms with Crippen molar-refractivity contribution >= 4 is 17.5 Å². The van der Waals surface area contributed by atoms with Crippen LogP contribution < -0.4 is 4.74 Å². The molecule has 0 N–H and O–H groups in total. The van der Waals surface area contributed by atoms with E-state index in [0.717, 1.165) is 0 Å². The van der Waals surface area contributed by atoms with Crippen molar-refractivity contribution in [3.8, 4) is 5.75 Å². The Bertz CT molecular complexity index is 442. The first kappa shape index (κ1) is 14.2. The summed E-state index contributed by atoms with van der Waals surface area (Å²) in [6.07, 6.45) is 0.126. The summed E-state index contributed by atoms with van der Waals surface area (Å²) < 4.78 is 11.1. The Balaban J connectivity index is 1.89. The molecule has 1 heterocycles. The summed E-state index contributed by atoms with van der Waals surface area (Å²) in [7, 11) is 0. The Morgan fingerprint density at radius 2 is 2.00 bits per heavy atom. The number of hydrogen-bond donors (Lipinski definition) is 0. The van der Waals surface area contributed by atoms with E-state index in [2.05, 4.69) is 0 Å². The second-order valence-electron chi connectivity index (χ2n) is 4.78. The fraction of sp³-hybridized carbons (Fsp3) is 0.500. The van der Waals surface area contributed by atoms with Crippen LogP contribution in [0.3, 0.4) is 0 Å². The SMILES string of the molecule is C[C@@H]1CN(C(=O)COc2ccccc2Cl)C[C@@H](C)O1. The first-order chi connectivity index (χ1) is 9.06. The van der Waals surface area contributed by atoms with Crippen LogP contribution in [-0.2, 0) is 9.53 Å². The van der Waals surface area contributed by atoms with Crippen molar-refractivity contribution in [2.24, 2.45) is 0 Å². The molecule has 0 saturated carbocycles. The van der Waals surface area contributed by atoms with Crippen LogP contribution in [0.5, 0.6) is 5.75 Å². The van der Waals surface area contributed by atoms with E-state index in [1.807, 2.05) is 26.0 Å². The first-order valence-corrected chi connectivity index (χ1v) is 6.74. The number of hydrogen-bond acceptors (Lipinski definition) is 3. The van der Waals surface area contributed by atoms with E-state index in [4.69, 9.17) is 21.1 Å². The summed E-state index contributed by atoms with van der Waals surface area (Å²) in [5.41, 5.74) is 0. The van der Waals surface area contributed by atoms with Crippen molar-refractivity contribution in [2.75, 3.05) is 19.7 Å². The molecule has 19 heavy (non-hydrogen) atoms. The van der Waals surface area contributed by atoms with Gasteiger partial charge in [-0.1, -0.05) is 23.7 Å². The van der Waals surface area contributed by atoms with Gasteiger partial charge < -0.3 is 14.4 Å². The van der Waals surface area contributed by atoms with Gasteiger partial charge in [0.25, 0.3) is 5.91 Å². The van der Waals surface area contributed by atoms with Gasteiger partial charge in [0.1, 0.15) is 5.75 Å². The van der Waals surface area contributed by atoms with Crippen LogP contribution in [0, 0.1) is 0 Å². The van der Waals surface area contributed by atoms with Crippen molar-refractivity contribution in [1.29, 1.82) is 0 Å². The van der Waals surface area contributed by atoms with Gasteiger partial charge in [0, 0.05) is 13.1 Å². The smallest absolute Gasteiger partial charge is 0.260 e. The Morgan fingerprint density at radius 1 is 1.37 bits per heavy atom. The molecular weight excluding hydrogens is 266 g/mol. The average molecular weight is 284 g/mol. The number of nitrogens with zero attached hydrogens (tertiary/aromatic N) is 1. The van der Waals surface area contributed by atoms with Gasteiger partial charge in [-0.2, -0.15) is 0 Å². The number of amides is 1. The molecule has 1 aliphatic heterocycles. The predicted octanol–water partition coefficient (Wildman–Crippen LogP) is 2.35. The quantitative estimate of drug-likeness (QED) is 0.855. The summed E-state index contributed by atoms with van der Waals surface area (Å²) in [5.74, 6) is 0.494. The van der Waals surface area contributed by atoms with Gasteiger partial charge in [-0.05, 0) is 26.0 Å². The number of carbonyl (C=O) groups is 1. The molecule has 0 aromatic heterocycles. The van der Waals surface area contributed by atoms with Crippen molar-refractivity contribution < 1.29 is 14.3 Å². The number of carbonyl (C=O) groups excluding carboxylic acids is 1. The lowest BCUT2D eigenvalue weighted by Crippen LogP contribution is -2.49. The molecular formula is C14H18ClNO3. The van der Waals surface area contributed by atoms with E-state index in [1.165, 1.54) is 0 Å². The molecule has 0 unspecified atom stereocenters. The summed E-state index contributed by atoms with van der Waals surface area (Å²) in [6.45, 7) is 5.14. The van der Waals surface area contributed by atoms with E-state index >= 15 is 0 Å². The maximum atomic E-state index is 12.1. The highest BCUT2D eigenvalue weighted by molar-refractivity contribution is 6.32. The number of benzene rings is 1. The third-order valence-electron chi connectivity index (χ3n) is 2.96. The Labute approximate surface area is 118 Å². The van der Waals surface area contributed by atoms with Crippen LogP contribution in [0.2, 0.25) is 5.02 Å². The van der Waals surface area contributed by atoms with Crippen LogP contribution in [0.4, 0.5) is 0 Å². The molecule has 2 atom stereocenters. The van der Waals surface area contributed by atoms with E-state index in [9.17, 15) is 4.79 Å². The average Bonchev–Trinajstić information content (AvgIpc) is 2.36. The first-order valence-electron chi connectivity index (χ1n) is 6.37. The standard InChI is InChI=1S/C14H18ClNO3/c1-10-7-16(8-11(2)19-10)14(17)9-18-13-6-4-3-5-12(13)15/h3-6,10-11H,7-9H2,1-2H3/t10-,11-/m1/s1. The molecule has 1 fully saturated rings. The molecule has 5 heteroatoms. The highest BCUT2D eigenvalue weighted by Gasteiger charge is 2.26. The van der Waals surface area contributed by atoms with Gasteiger partial charge in [-0.15, -0.1) is 0 Å². The predicted molar refractivity (Wildman–Crippen MR) is 73.5 cm³/mol. The molecule has 4 nitrogen and oxygen atoms in total. The maximum Gasteiger partial charge on any atom is 0.260 e. The summed E-state index contributed by atoms with van der Waals surface area (Å²) >= 11 is 5.97. The zero-order valence-corrected chi connectivity index (χ0v) is 11.9. The third kappa shape index (κ3) is 3.85. The van der Waals surface area contributed by atoms with Crippen LogP contribution in [0.15, 0.2) is 24.3 Å². The van der Waals surface area contributed by atoms with Crippen molar-refractivity contribution in [1.82, 2.24) is 4.90 Å². The highest BCUT2D eigenvalue weighted by atomic mass is 35.5. The van der Waals surface area contributed by atoms with Gasteiger partial charge in [0.15, 0.2) is 6.61 Å². The normalized spacial score (nSPS) is 23.2. The summed E-state index contributed by atoms with van der Waals surface area (Å²) in [6, 6.07) is 7.13. The molecule has 1 aliphatic rings. The number of ether oxygens (including phenoxy) is 2. The number of rotatable bonds is 3. The van der Waals surface area contributed by atoms with E-state index in [-0.39, 0.29) is 24.7 Å². The topological polar surface area (TPSA) is 38.8 Å². The zero-order chi connectivity index (χ0) is 13.8. The zero-order valence-electron chi connectivity index (χ0n) is 11.1. The van der Waals surface area contributed by atoms with Gasteiger partial charge >= 0.3 is 0 Å². The Hall–Kier alpha value is -1.26. The third-order valence-corrected chi connectivity index (χ3v) is 3.27. The molecule has 0 radical (unpaired) electrons. The number of para-hydroxylation sites is 1. The fourth-order valence-corrected chi connectivity index (χ4v) is 2.36. The van der Waals surface area contributed by atoms with Gasteiger partial charge in [-0.25, -0.2) is 0 Å². The van der Waals surface area contributed by atoms with Crippen LogP contribution in [-0.4, -0.2) is 42.7 Å². The molecule has 1 saturated heterocycles. The largest absolute Gasteiger partial charge is 0.482 e. The van der Waals surface area contributed by atoms with Gasteiger partial charge in [0.2, 0.25) is 0 Å². The van der Waals surface area contributed by atoms with E-state index < -0.39 is 0 Å². The second kappa shape index (κ2) is 6.26. The number of morpholine rings is 1. The van der Waals surface area contributed by atoms with E-state index in [1.54, 1.807) is 17.0 Å². The molecule has 1 aromatic rings. The Kier molecular flexibility index (Phi) is 4.66. The Morgan fingerprint density at radius 3 is 2.63 bits per heavy atom. The van der Waals surface area contributed by atoms with Crippen LogP contribution in [0.25, 0.3) is 0 Å². The lowest BCUT2D eigenvalue weighted by atomic mass is 10.2. The minimum atomic E-state index is -0.0399. The molecule has 0 aliphatic carbocycles. The van der Waals surface area contributed by atoms with E-state index in [0.29, 0.717) is 23.9 Å². The molecule has 0 bridgehead atoms. The molecule has 1 amide bonds. The van der Waals surface area contributed by atoms with Gasteiger partial charge in [0.05, 0.1) is 17.2 Å². The molecule has 0 spiro atoms. The minimum absolute atomic E-state index is 0.00315. The van der Waals surface area contributed by atoms with Crippen LogP contribution in [0.1, 0.15) is 13.8 Å². The fourth-order valence-electron chi connectivity index (χ4n) is 2.17. The molecule has 1 aromatic carbocycles. The molecule has 104 valence electrons. The van der Waals surface area contributed by atoms with Crippen LogP contribution >= 0.6 is 11.6 Å². The van der Waals surface area contributed by atoms with Crippen molar-refractivity contribution in [3.05, 3.63) is 29.3 Å². The van der Waals surface area contributed by atoms with Crippen molar-refractivity contribution in [3.63, 3.8) is 0 Å². The highest BCUT2D eigenvalue weighted by Crippen LogP contribution is 2.23. The second-order valence-corrected chi connectivity index (χ2v) is 5.18. The summed E-state index contributed by atoms with van der Waals surface area (Å²) in [5, 5.41) is 0.513. The lowest BCUT2D eigenvalue weighted by molar-refractivity contribution is -0.145. The monoisotopic (exact) mass is 283 g/mol. The lowest BCUT2D eigenvalue weighted by Gasteiger charge is -2.35. The maximum absolute atomic E-state index is 12.1.